The third kappa shape index (κ3) is 190. The number of hydrogen-bond donors (Lipinski definition) is 16. The van der Waals surface area contributed by atoms with Crippen LogP contribution in [0.15, 0.2) is 0 Å². The van der Waals surface area contributed by atoms with Gasteiger partial charge in [0.1, 0.15) is 48.3 Å². The van der Waals surface area contributed by atoms with Crippen molar-refractivity contribution in [3.8, 4) is 0 Å². The van der Waals surface area contributed by atoms with Gasteiger partial charge in [0.05, 0.1) is 222 Å². The van der Waals surface area contributed by atoms with Crippen LogP contribution in [-0.2, 0) is 80.0 Å². The summed E-state index contributed by atoms with van der Waals surface area (Å²) in [4.78, 5) is 82.9. The lowest BCUT2D eigenvalue weighted by molar-refractivity contribution is -0.870. The Morgan fingerprint density at radius 3 is 0.282 bits per heavy atom. The summed E-state index contributed by atoms with van der Waals surface area (Å²) < 4.78 is 144. The summed E-state index contributed by atoms with van der Waals surface area (Å²) in [6, 6.07) is -5.50. The minimum Gasteiger partial charge on any atom is -0.759 e. The van der Waals surface area contributed by atoms with Crippen LogP contribution in [0.25, 0.3) is 0 Å². The highest BCUT2D eigenvalue weighted by Crippen LogP contribution is 2.10. The van der Waals surface area contributed by atoms with Gasteiger partial charge in [-0.15, -0.1) is 0 Å². The van der Waals surface area contributed by atoms with E-state index >= 15 is 0 Å². The topological polar surface area (TPSA) is 828 Å². The van der Waals surface area contributed by atoms with E-state index in [0.29, 0.717) is 51.4 Å². The number of hydrogen-bond acceptors (Lipinski definition) is 32. The van der Waals surface area contributed by atoms with Crippen LogP contribution in [-0.4, -0.2) is 464 Å². The number of carboxylic acid groups (broad SMARTS) is 8. The van der Waals surface area contributed by atoms with E-state index in [1.165, 1.54) is 0 Å². The van der Waals surface area contributed by atoms with Crippen molar-refractivity contribution in [3.63, 3.8) is 0 Å². The summed E-state index contributed by atoms with van der Waals surface area (Å²) in [5, 5.41) is 68.1. The van der Waals surface area contributed by atoms with Crippen molar-refractivity contribution in [2.45, 2.75) is 202 Å². The Morgan fingerprint density at radius 2 is 0.242 bits per heavy atom. The molecular weight excluding hydrogens is 1730 g/mol. The van der Waals surface area contributed by atoms with E-state index in [1.807, 2.05) is 0 Å². The lowest BCUT2D eigenvalue weighted by atomic mass is 10.1. The Bertz CT molecular complexity index is 2640. The van der Waals surface area contributed by atoms with Crippen LogP contribution in [0.2, 0.25) is 0 Å². The number of nitrogens with zero attached hydrogens (tertiary/aromatic N) is 8. The molecule has 0 unspecified atom stereocenters. The summed E-state index contributed by atoms with van der Waals surface area (Å²) in [5.41, 5.74) is 42.9. The van der Waals surface area contributed by atoms with Crippen LogP contribution >= 0.6 is 0 Å². The van der Waals surface area contributed by atoms with Crippen molar-refractivity contribution in [1.82, 2.24) is 0 Å². The normalized spacial score (nSPS) is 13.7. The van der Waals surface area contributed by atoms with Gasteiger partial charge in [-0.2, -0.15) is 0 Å². The van der Waals surface area contributed by atoms with E-state index in [1.54, 1.807) is 0 Å². The van der Waals surface area contributed by atoms with Crippen LogP contribution in [0.5, 0.6) is 0 Å². The van der Waals surface area contributed by atoms with Gasteiger partial charge < -0.3 is 159 Å². The summed E-state index contributed by atoms with van der Waals surface area (Å²) in [6.07, 6.45) is 20.0. The number of carboxylic acids is 8. The summed E-state index contributed by atoms with van der Waals surface area (Å²) in [6.45, 7) is 8.49. The molecule has 0 fully saturated rings. The molecule has 0 radical (unpaired) electrons. The van der Waals surface area contributed by atoms with E-state index in [2.05, 4.69) is 169 Å². The molecule has 752 valence electrons. The van der Waals surface area contributed by atoms with Crippen LogP contribution in [0.3, 0.4) is 0 Å². The van der Waals surface area contributed by atoms with Crippen LogP contribution < -0.4 is 45.9 Å². The van der Waals surface area contributed by atoms with Crippen molar-refractivity contribution in [1.29, 1.82) is 0 Å². The van der Waals surface area contributed by atoms with Gasteiger partial charge in [-0.3, -0.25) is 72.0 Å². The number of carbonyl (C=O) groups is 8. The zero-order chi connectivity index (χ0) is 102. The Labute approximate surface area is 740 Å². The molecule has 0 heterocycles. The van der Waals surface area contributed by atoms with Crippen molar-refractivity contribution in [2.75, 3.05) is 222 Å². The number of rotatable bonds is 48. The van der Waals surface area contributed by atoms with Crippen molar-refractivity contribution >= 4 is 89.4 Å². The zero-order valence-corrected chi connectivity index (χ0v) is 81.7. The van der Waals surface area contributed by atoms with Gasteiger partial charge >= 0.3 is 47.8 Å². The fraction of sp³-hybridized carbons (Fsp3) is 0.889. The minimum atomic E-state index is -5.17. The summed E-state index contributed by atoms with van der Waals surface area (Å²) in [5.74, 6) is -7.18. The predicted molar refractivity (Wildman–Crippen MR) is 461 cm³/mol. The Balaban J connectivity index is -0.000000112. The maximum Gasteiger partial charge on any atom is 0.320 e. The number of nitrogens with two attached hydrogens (primary N) is 8. The number of quaternary nitrogens is 8. The zero-order valence-electron chi connectivity index (χ0n) is 78.5. The molecule has 0 saturated carbocycles. The first-order valence-corrected chi connectivity index (χ1v) is 44.9. The molecule has 0 amide bonds. The lowest BCUT2D eigenvalue weighted by Crippen LogP contribution is -2.35. The largest absolute Gasteiger partial charge is 0.759 e. The Kier molecular flexibility index (Phi) is 86.6. The summed E-state index contributed by atoms with van der Waals surface area (Å²) >= 11 is 0. The van der Waals surface area contributed by atoms with E-state index in [0.717, 1.165) is 191 Å². The van der Waals surface area contributed by atoms with Gasteiger partial charge in [0.15, 0.2) is 0 Å². The van der Waals surface area contributed by atoms with Crippen molar-refractivity contribution in [2.24, 2.45) is 45.9 Å². The standard InChI is InChI=1S/8C9H20N2O2.4H2O4S/c8*1-11(2,3)7-5-4-6-8(10)9(12)13;4*1-5(2,3)4/h8*8H,4-7,10H2,1-3H3;4*(H2,1,2,3,4)/t8*8-;;;;/m00000000..../s1. The quantitative estimate of drug-likeness (QED) is 0.0124. The molecule has 0 aromatic rings. The predicted octanol–water partition coefficient (Wildman–Crippen LogP) is -3.15. The average Bonchev–Trinajstić information content (AvgIpc) is 0.995. The third-order valence-electron chi connectivity index (χ3n) is 15.3. The first-order valence-electron chi connectivity index (χ1n) is 39.6. The highest BCUT2D eigenvalue weighted by atomic mass is 32.3. The molecule has 0 aromatic heterocycles. The fourth-order valence-corrected chi connectivity index (χ4v) is 8.59. The van der Waals surface area contributed by atoms with Gasteiger partial charge in [-0.05, 0) is 154 Å². The van der Waals surface area contributed by atoms with Gasteiger partial charge in [0, 0.05) is 41.6 Å². The fourth-order valence-electron chi connectivity index (χ4n) is 8.59. The van der Waals surface area contributed by atoms with Crippen LogP contribution in [0.4, 0.5) is 0 Å². The summed E-state index contributed by atoms with van der Waals surface area (Å²) in [7, 11) is 30.3. The molecule has 24 N–H and O–H groups in total. The van der Waals surface area contributed by atoms with Gasteiger partial charge in [0.2, 0.25) is 0 Å². The first-order chi connectivity index (χ1) is 54.6. The number of aliphatic carboxylic acids is 8. The second-order valence-corrected chi connectivity index (χ2v) is 40.5. The maximum atomic E-state index is 10.4. The Morgan fingerprint density at radius 1 is 0.185 bits per heavy atom. The second-order valence-electron chi connectivity index (χ2n) is 37.3. The number of unbranched alkanes of at least 4 members (excludes halogenated alkanes) is 8. The van der Waals surface area contributed by atoms with E-state index in [4.69, 9.17) is 157 Å². The molecule has 0 spiro atoms. The molecule has 0 bridgehead atoms. The second kappa shape index (κ2) is 74.4. The maximum absolute atomic E-state index is 10.4. The molecule has 0 aromatic carbocycles. The molecule has 48 nitrogen and oxygen atoms in total. The molecule has 0 aliphatic heterocycles. The minimum absolute atomic E-state index is 0.579. The van der Waals surface area contributed by atoms with Gasteiger partial charge in [0.25, 0.3) is 0 Å². The van der Waals surface area contributed by atoms with Crippen molar-refractivity contribution in [3.05, 3.63) is 0 Å². The Hall–Kier alpha value is -5.40. The van der Waals surface area contributed by atoms with Crippen molar-refractivity contribution < 1.29 is 185 Å². The average molecular weight is 1900 g/mol. The van der Waals surface area contributed by atoms with Gasteiger partial charge in [-0.1, -0.05) is 0 Å². The molecule has 8 atom stereocenters. The third-order valence-corrected chi connectivity index (χ3v) is 15.3. The monoisotopic (exact) mass is 1900 g/mol. The van der Waals surface area contributed by atoms with E-state index in [9.17, 15) is 38.4 Å². The van der Waals surface area contributed by atoms with E-state index in [-0.39, 0.29) is 0 Å². The molecular formula is C72H168N16O32S4. The molecule has 0 aliphatic carbocycles. The highest BCUT2D eigenvalue weighted by Gasteiger charge is 2.20. The first kappa shape index (κ1) is 144. The molecule has 0 rings (SSSR count). The molecule has 124 heavy (non-hydrogen) atoms. The molecule has 0 aliphatic rings. The molecule has 0 saturated heterocycles. The van der Waals surface area contributed by atoms with Crippen LogP contribution in [0.1, 0.15) is 154 Å². The highest BCUT2D eigenvalue weighted by molar-refractivity contribution is 7.80. The van der Waals surface area contributed by atoms with Gasteiger partial charge in [-0.25, -0.2) is 0 Å². The SMILES string of the molecule is C[N+](C)(C)CCCC[C@H](N)C(=O)O.C[N+](C)(C)CCCC[C@H](N)C(=O)O.C[N+](C)(C)CCCC[C@H](N)C(=O)O.C[N+](C)(C)CCCC[C@H](N)C(=O)O.C[N+](C)(C)CCCC[C@H](N)C(=O)O.C[N+](C)(C)CCCC[C@H](N)C(=O)O.C[N+](C)(C)CCCC[C@H](N)C(=O)O.C[N+](C)(C)CCCC[C@H](N)C(=O)O.O=S(=O)([O-])[O-].O=S(=O)([O-])[O-].O=S(=O)([O-])[O-].O=S(=O)([O-])[O-]. The lowest BCUT2D eigenvalue weighted by Gasteiger charge is -2.23. The van der Waals surface area contributed by atoms with E-state index < -0.39 is 138 Å². The smallest absolute Gasteiger partial charge is 0.320 e. The van der Waals surface area contributed by atoms with Crippen LogP contribution in [0, 0.1) is 0 Å². The molecule has 52 heteroatoms.